The molecule has 0 aromatic heterocycles. The third-order valence-corrected chi connectivity index (χ3v) is 3.83. The van der Waals surface area contributed by atoms with Gasteiger partial charge in [0.1, 0.15) is 6.10 Å². The van der Waals surface area contributed by atoms with Crippen LogP contribution in [0.5, 0.6) is 0 Å². The van der Waals surface area contributed by atoms with Crippen molar-refractivity contribution in [1.82, 2.24) is 0 Å². The third-order valence-electron chi connectivity index (χ3n) is 3.83. The van der Waals surface area contributed by atoms with Crippen LogP contribution < -0.4 is 4.90 Å². The summed E-state index contributed by atoms with van der Waals surface area (Å²) in [5.74, 6) is -0.227. The fourth-order valence-corrected chi connectivity index (χ4v) is 2.62. The number of anilines is 1. The molecular weight excluding hydrogens is 307 g/mol. The molecule has 1 aromatic rings. The number of fused-ring (bicyclic) bond motifs is 1. The SMILES string of the molecule is C=CCCOC(C)C(=O)N1CCCc2cc(C(F)(F)F)ccc21. The average Bonchev–Trinajstić information content (AvgIpc) is 2.52. The minimum Gasteiger partial charge on any atom is -0.368 e. The lowest BCUT2D eigenvalue weighted by Gasteiger charge is -2.32. The van der Waals surface area contributed by atoms with E-state index in [0.717, 1.165) is 12.1 Å². The topological polar surface area (TPSA) is 29.5 Å². The highest BCUT2D eigenvalue weighted by Crippen LogP contribution is 2.35. The van der Waals surface area contributed by atoms with Crippen LogP contribution in [-0.2, 0) is 22.1 Å². The van der Waals surface area contributed by atoms with Crippen LogP contribution in [0, 0.1) is 0 Å². The van der Waals surface area contributed by atoms with Crippen LogP contribution in [-0.4, -0.2) is 25.2 Å². The normalized spacial score (nSPS) is 15.9. The Balaban J connectivity index is 2.18. The molecule has 0 aliphatic carbocycles. The van der Waals surface area contributed by atoms with Crippen LogP contribution >= 0.6 is 0 Å². The summed E-state index contributed by atoms with van der Waals surface area (Å²) < 4.78 is 43.9. The van der Waals surface area contributed by atoms with E-state index in [1.807, 2.05) is 0 Å². The van der Waals surface area contributed by atoms with Gasteiger partial charge in [0.2, 0.25) is 0 Å². The van der Waals surface area contributed by atoms with E-state index >= 15 is 0 Å². The molecular formula is C17H20F3NO2. The Hall–Kier alpha value is -1.82. The van der Waals surface area contributed by atoms with Gasteiger partial charge in [0.05, 0.1) is 12.2 Å². The van der Waals surface area contributed by atoms with Crippen LogP contribution in [0.2, 0.25) is 0 Å². The van der Waals surface area contributed by atoms with Gasteiger partial charge in [-0.1, -0.05) is 6.08 Å². The number of benzene rings is 1. The molecule has 23 heavy (non-hydrogen) atoms. The van der Waals surface area contributed by atoms with Crippen LogP contribution in [0.25, 0.3) is 0 Å². The summed E-state index contributed by atoms with van der Waals surface area (Å²) in [5.41, 5.74) is 0.423. The van der Waals surface area contributed by atoms with E-state index in [1.165, 1.54) is 11.0 Å². The molecule has 1 unspecified atom stereocenters. The van der Waals surface area contributed by atoms with E-state index in [9.17, 15) is 18.0 Å². The number of carbonyl (C=O) groups excluding carboxylic acids is 1. The molecule has 1 aliphatic heterocycles. The molecule has 1 heterocycles. The maximum Gasteiger partial charge on any atom is 0.416 e. The van der Waals surface area contributed by atoms with Gasteiger partial charge in [-0.2, -0.15) is 13.2 Å². The lowest BCUT2D eigenvalue weighted by Crippen LogP contribution is -2.42. The van der Waals surface area contributed by atoms with Crippen LogP contribution in [0.4, 0.5) is 18.9 Å². The molecule has 0 saturated heterocycles. The fourth-order valence-electron chi connectivity index (χ4n) is 2.62. The maximum absolute atomic E-state index is 12.8. The summed E-state index contributed by atoms with van der Waals surface area (Å²) in [4.78, 5) is 14.0. The molecule has 1 amide bonds. The lowest BCUT2D eigenvalue weighted by molar-refractivity contribution is -0.137. The number of halogens is 3. The minimum absolute atomic E-state index is 0.227. The molecule has 0 bridgehead atoms. The number of aryl methyl sites for hydroxylation is 1. The van der Waals surface area contributed by atoms with Crippen LogP contribution in [0.3, 0.4) is 0 Å². The largest absolute Gasteiger partial charge is 0.416 e. The number of carbonyl (C=O) groups is 1. The number of ether oxygens (including phenoxy) is 1. The summed E-state index contributed by atoms with van der Waals surface area (Å²) in [6.07, 6.45) is -1.49. The first-order chi connectivity index (χ1) is 10.8. The zero-order valence-electron chi connectivity index (χ0n) is 13.0. The molecule has 0 fully saturated rings. The highest BCUT2D eigenvalue weighted by Gasteiger charge is 2.33. The highest BCUT2D eigenvalue weighted by atomic mass is 19.4. The Bertz CT molecular complexity index is 584. The molecule has 0 N–H and O–H groups in total. The Morgan fingerprint density at radius 1 is 1.48 bits per heavy atom. The van der Waals surface area contributed by atoms with E-state index < -0.39 is 17.8 Å². The quantitative estimate of drug-likeness (QED) is 0.605. The molecule has 6 heteroatoms. The number of hydrogen-bond donors (Lipinski definition) is 0. The number of alkyl halides is 3. The second-order valence-electron chi connectivity index (χ2n) is 5.53. The van der Waals surface area contributed by atoms with E-state index in [0.29, 0.717) is 43.7 Å². The summed E-state index contributed by atoms with van der Waals surface area (Å²) in [6.45, 7) is 6.12. The standard InChI is InChI=1S/C17H20F3NO2/c1-3-4-10-23-12(2)16(22)21-9-5-6-13-11-14(17(18,19)20)7-8-15(13)21/h3,7-8,11-12H,1,4-6,9-10H2,2H3. The van der Waals surface area contributed by atoms with E-state index in [-0.39, 0.29) is 5.91 Å². The summed E-state index contributed by atoms with van der Waals surface area (Å²) >= 11 is 0. The van der Waals surface area contributed by atoms with E-state index in [1.54, 1.807) is 13.0 Å². The predicted molar refractivity (Wildman–Crippen MR) is 82.3 cm³/mol. The second kappa shape index (κ2) is 7.17. The predicted octanol–water partition coefficient (Wildman–Crippen LogP) is 3.97. The zero-order valence-corrected chi connectivity index (χ0v) is 13.0. The van der Waals surface area contributed by atoms with Crippen LogP contribution in [0.15, 0.2) is 30.9 Å². The summed E-state index contributed by atoms with van der Waals surface area (Å²) in [6, 6.07) is 3.54. The Labute approximate surface area is 133 Å². The van der Waals surface area contributed by atoms with Crippen molar-refractivity contribution < 1.29 is 22.7 Å². The van der Waals surface area contributed by atoms with Crippen LogP contribution in [0.1, 0.15) is 30.9 Å². The van der Waals surface area contributed by atoms with Gasteiger partial charge in [0, 0.05) is 12.2 Å². The second-order valence-corrected chi connectivity index (χ2v) is 5.53. The lowest BCUT2D eigenvalue weighted by atomic mass is 9.98. The van der Waals surface area contributed by atoms with Crippen molar-refractivity contribution in [2.24, 2.45) is 0 Å². The zero-order chi connectivity index (χ0) is 17.0. The Morgan fingerprint density at radius 3 is 2.87 bits per heavy atom. The molecule has 0 spiro atoms. The van der Waals surface area contributed by atoms with Crippen molar-refractivity contribution in [2.45, 2.75) is 38.5 Å². The van der Waals surface area contributed by atoms with Crippen molar-refractivity contribution in [2.75, 3.05) is 18.1 Å². The summed E-state index contributed by atoms with van der Waals surface area (Å²) in [7, 11) is 0. The van der Waals surface area contributed by atoms with Crippen molar-refractivity contribution in [1.29, 1.82) is 0 Å². The molecule has 1 aromatic carbocycles. The first-order valence-corrected chi connectivity index (χ1v) is 7.58. The molecule has 3 nitrogen and oxygen atoms in total. The van der Waals surface area contributed by atoms with Gasteiger partial charge < -0.3 is 9.64 Å². The smallest absolute Gasteiger partial charge is 0.368 e. The van der Waals surface area contributed by atoms with Crippen molar-refractivity contribution in [3.63, 3.8) is 0 Å². The number of rotatable bonds is 5. The number of amides is 1. The number of hydrogen-bond acceptors (Lipinski definition) is 2. The summed E-state index contributed by atoms with van der Waals surface area (Å²) in [5, 5.41) is 0. The van der Waals surface area contributed by atoms with Gasteiger partial charge in [-0.15, -0.1) is 6.58 Å². The van der Waals surface area contributed by atoms with Crippen molar-refractivity contribution in [3.8, 4) is 0 Å². The fraction of sp³-hybridized carbons (Fsp3) is 0.471. The van der Waals surface area contributed by atoms with Gasteiger partial charge in [0.15, 0.2) is 0 Å². The van der Waals surface area contributed by atoms with Crippen molar-refractivity contribution >= 4 is 11.6 Å². The van der Waals surface area contributed by atoms with Gasteiger partial charge in [-0.25, -0.2) is 0 Å². The third kappa shape index (κ3) is 4.13. The number of nitrogens with zero attached hydrogens (tertiary/aromatic N) is 1. The monoisotopic (exact) mass is 327 g/mol. The molecule has 126 valence electrons. The molecule has 0 radical (unpaired) electrons. The van der Waals surface area contributed by atoms with Gasteiger partial charge >= 0.3 is 6.18 Å². The molecule has 2 rings (SSSR count). The van der Waals surface area contributed by atoms with Gasteiger partial charge in [-0.05, 0) is 49.9 Å². The Kier molecular flexibility index (Phi) is 5.46. The van der Waals surface area contributed by atoms with Crippen molar-refractivity contribution in [3.05, 3.63) is 42.0 Å². The first-order valence-electron chi connectivity index (χ1n) is 7.58. The minimum atomic E-state index is -4.37. The van der Waals surface area contributed by atoms with E-state index in [2.05, 4.69) is 6.58 Å². The Morgan fingerprint density at radius 2 is 2.22 bits per heavy atom. The molecule has 1 aliphatic rings. The molecule has 0 saturated carbocycles. The van der Waals surface area contributed by atoms with E-state index in [4.69, 9.17) is 4.74 Å². The van der Waals surface area contributed by atoms with Gasteiger partial charge in [0.25, 0.3) is 5.91 Å². The first kappa shape index (κ1) is 17.5. The highest BCUT2D eigenvalue weighted by molar-refractivity contribution is 5.97. The molecule has 1 atom stereocenters. The maximum atomic E-state index is 12.8. The average molecular weight is 327 g/mol. The van der Waals surface area contributed by atoms with Gasteiger partial charge in [-0.3, -0.25) is 4.79 Å².